The number of rotatable bonds is 5. The number of halogens is 4. The van der Waals surface area contributed by atoms with Crippen molar-refractivity contribution < 1.29 is 22.7 Å². The third kappa shape index (κ3) is 5.16. The van der Waals surface area contributed by atoms with E-state index in [4.69, 9.17) is 16.3 Å². The first-order valence-electron chi connectivity index (χ1n) is 7.10. The molecule has 1 unspecified atom stereocenters. The van der Waals surface area contributed by atoms with Crippen LogP contribution >= 0.6 is 11.6 Å². The number of hydrogen-bond acceptors (Lipinski definition) is 2. The quantitative estimate of drug-likeness (QED) is 0.848. The smallest absolute Gasteiger partial charge is 0.416 e. The molecule has 0 radical (unpaired) electrons. The molecule has 0 aliphatic heterocycles. The summed E-state index contributed by atoms with van der Waals surface area (Å²) in [5.41, 5.74) is 0.0294. The van der Waals surface area contributed by atoms with E-state index in [2.05, 4.69) is 5.32 Å². The van der Waals surface area contributed by atoms with Crippen molar-refractivity contribution in [2.75, 3.05) is 6.61 Å². The fraction of sp³-hybridized carbons (Fsp3) is 0.235. The predicted octanol–water partition coefficient (Wildman–Crippen LogP) is 4.62. The summed E-state index contributed by atoms with van der Waals surface area (Å²) in [7, 11) is 0. The highest BCUT2D eigenvalue weighted by atomic mass is 35.5. The van der Waals surface area contributed by atoms with Crippen LogP contribution in [0.1, 0.15) is 24.1 Å². The lowest BCUT2D eigenvalue weighted by Gasteiger charge is -2.15. The van der Waals surface area contributed by atoms with Crippen LogP contribution in [0.2, 0.25) is 5.02 Å². The van der Waals surface area contributed by atoms with Crippen molar-refractivity contribution in [3.8, 4) is 5.75 Å². The van der Waals surface area contributed by atoms with Crippen LogP contribution in [0.25, 0.3) is 0 Å². The van der Waals surface area contributed by atoms with Crippen molar-refractivity contribution in [3.05, 3.63) is 64.7 Å². The van der Waals surface area contributed by atoms with Gasteiger partial charge in [-0.25, -0.2) is 0 Å². The van der Waals surface area contributed by atoms with Gasteiger partial charge < -0.3 is 10.1 Å². The Hall–Kier alpha value is -2.21. The van der Waals surface area contributed by atoms with Crippen LogP contribution in [-0.2, 0) is 11.0 Å². The molecular weight excluding hydrogens is 343 g/mol. The number of carbonyl (C=O) groups excluding carboxylic acids is 1. The number of ether oxygens (including phenoxy) is 1. The highest BCUT2D eigenvalue weighted by Gasteiger charge is 2.30. The lowest BCUT2D eigenvalue weighted by molar-refractivity contribution is -0.137. The maximum Gasteiger partial charge on any atom is 0.416 e. The SMILES string of the molecule is CC(NC(=O)COc1cccc(C(F)(F)F)c1)c1ccc(Cl)cc1. The second-order valence-corrected chi connectivity index (χ2v) is 5.59. The number of alkyl halides is 3. The van der Waals surface area contributed by atoms with Gasteiger partial charge in [-0.15, -0.1) is 0 Å². The number of amides is 1. The Bertz CT molecular complexity index is 702. The van der Waals surface area contributed by atoms with Gasteiger partial charge in [0.15, 0.2) is 6.61 Å². The Kier molecular flexibility index (Phi) is 5.72. The Morgan fingerprint density at radius 3 is 2.50 bits per heavy atom. The van der Waals surface area contributed by atoms with Crippen LogP contribution in [-0.4, -0.2) is 12.5 Å². The first-order chi connectivity index (χ1) is 11.3. The molecule has 0 heterocycles. The van der Waals surface area contributed by atoms with Crippen LogP contribution in [0.3, 0.4) is 0 Å². The van der Waals surface area contributed by atoms with Gasteiger partial charge in [-0.05, 0) is 42.8 Å². The van der Waals surface area contributed by atoms with Crippen LogP contribution < -0.4 is 10.1 Å². The van der Waals surface area contributed by atoms with E-state index in [-0.39, 0.29) is 18.4 Å². The molecule has 0 fully saturated rings. The third-order valence-electron chi connectivity index (χ3n) is 3.28. The molecule has 128 valence electrons. The molecule has 0 aliphatic carbocycles. The fourth-order valence-corrected chi connectivity index (χ4v) is 2.16. The molecule has 7 heteroatoms. The molecule has 2 aromatic rings. The lowest BCUT2D eigenvalue weighted by Crippen LogP contribution is -2.31. The van der Waals surface area contributed by atoms with E-state index in [9.17, 15) is 18.0 Å². The Balaban J connectivity index is 1.90. The molecular formula is C17H15ClF3NO2. The highest BCUT2D eigenvalue weighted by molar-refractivity contribution is 6.30. The highest BCUT2D eigenvalue weighted by Crippen LogP contribution is 2.31. The first kappa shape index (κ1) is 18.1. The predicted molar refractivity (Wildman–Crippen MR) is 84.9 cm³/mol. The van der Waals surface area contributed by atoms with Gasteiger partial charge in [-0.3, -0.25) is 4.79 Å². The second kappa shape index (κ2) is 7.57. The summed E-state index contributed by atoms with van der Waals surface area (Å²) in [6.07, 6.45) is -4.45. The van der Waals surface area contributed by atoms with Crippen LogP contribution in [0.4, 0.5) is 13.2 Å². The zero-order chi connectivity index (χ0) is 17.7. The van der Waals surface area contributed by atoms with Gasteiger partial charge in [0.1, 0.15) is 5.75 Å². The topological polar surface area (TPSA) is 38.3 Å². The minimum Gasteiger partial charge on any atom is -0.484 e. The molecule has 0 aliphatic rings. The average molecular weight is 358 g/mol. The van der Waals surface area contributed by atoms with Gasteiger partial charge in [-0.2, -0.15) is 13.2 Å². The van der Waals surface area contributed by atoms with E-state index in [1.165, 1.54) is 12.1 Å². The summed E-state index contributed by atoms with van der Waals surface area (Å²) in [6.45, 7) is 1.41. The van der Waals surface area contributed by atoms with Crippen LogP contribution in [0, 0.1) is 0 Å². The van der Waals surface area contributed by atoms with Crippen molar-refractivity contribution in [2.24, 2.45) is 0 Å². The van der Waals surface area contributed by atoms with Crippen molar-refractivity contribution in [2.45, 2.75) is 19.1 Å². The molecule has 2 rings (SSSR count). The summed E-state index contributed by atoms with van der Waals surface area (Å²) < 4.78 is 43.0. The number of nitrogens with one attached hydrogen (secondary N) is 1. The Morgan fingerprint density at radius 2 is 1.88 bits per heavy atom. The van der Waals surface area contributed by atoms with Crippen LogP contribution in [0.15, 0.2) is 48.5 Å². The summed E-state index contributed by atoms with van der Waals surface area (Å²) >= 11 is 5.80. The Morgan fingerprint density at radius 1 is 1.21 bits per heavy atom. The van der Waals surface area contributed by atoms with E-state index in [1.807, 2.05) is 0 Å². The maximum atomic E-state index is 12.6. The number of hydrogen-bond donors (Lipinski definition) is 1. The summed E-state index contributed by atoms with van der Waals surface area (Å²) in [5.74, 6) is -0.450. The first-order valence-corrected chi connectivity index (χ1v) is 7.48. The van der Waals surface area contributed by atoms with E-state index in [0.29, 0.717) is 5.02 Å². The third-order valence-corrected chi connectivity index (χ3v) is 3.53. The van der Waals surface area contributed by atoms with Gasteiger partial charge >= 0.3 is 6.18 Å². The molecule has 1 N–H and O–H groups in total. The Labute approximate surface area is 142 Å². The van der Waals surface area contributed by atoms with Gasteiger partial charge in [-0.1, -0.05) is 29.8 Å². The molecule has 3 nitrogen and oxygen atoms in total. The van der Waals surface area contributed by atoms with E-state index >= 15 is 0 Å². The lowest BCUT2D eigenvalue weighted by atomic mass is 10.1. The molecule has 0 spiro atoms. The molecule has 2 aromatic carbocycles. The molecule has 0 saturated heterocycles. The summed E-state index contributed by atoms with van der Waals surface area (Å²) in [6, 6.07) is 11.1. The normalized spacial score (nSPS) is 12.5. The van der Waals surface area contributed by atoms with Crippen molar-refractivity contribution >= 4 is 17.5 Å². The van der Waals surface area contributed by atoms with Crippen molar-refractivity contribution in [3.63, 3.8) is 0 Å². The zero-order valence-corrected chi connectivity index (χ0v) is 13.5. The second-order valence-electron chi connectivity index (χ2n) is 5.16. The number of carbonyl (C=O) groups is 1. The van der Waals surface area contributed by atoms with Crippen molar-refractivity contribution in [1.29, 1.82) is 0 Å². The van der Waals surface area contributed by atoms with E-state index in [0.717, 1.165) is 17.7 Å². The van der Waals surface area contributed by atoms with Gasteiger partial charge in [0.25, 0.3) is 5.91 Å². The minimum atomic E-state index is -4.45. The van der Waals surface area contributed by atoms with Gasteiger partial charge in [0.05, 0.1) is 11.6 Å². The standard InChI is InChI=1S/C17H15ClF3NO2/c1-11(12-5-7-14(18)8-6-12)22-16(23)10-24-15-4-2-3-13(9-15)17(19,20)21/h2-9,11H,10H2,1H3,(H,22,23). The molecule has 1 amide bonds. The van der Waals surface area contributed by atoms with Crippen molar-refractivity contribution in [1.82, 2.24) is 5.32 Å². The molecule has 24 heavy (non-hydrogen) atoms. The summed E-state index contributed by atoms with van der Waals surface area (Å²) in [5, 5.41) is 3.29. The molecule has 0 saturated carbocycles. The zero-order valence-electron chi connectivity index (χ0n) is 12.7. The number of benzene rings is 2. The molecule has 1 atom stereocenters. The van der Waals surface area contributed by atoms with Gasteiger partial charge in [0.2, 0.25) is 0 Å². The summed E-state index contributed by atoms with van der Waals surface area (Å²) in [4.78, 5) is 11.9. The molecule has 0 bridgehead atoms. The minimum absolute atomic E-state index is 0.0147. The largest absolute Gasteiger partial charge is 0.484 e. The fourth-order valence-electron chi connectivity index (χ4n) is 2.03. The van der Waals surface area contributed by atoms with Crippen LogP contribution in [0.5, 0.6) is 5.75 Å². The molecule has 0 aromatic heterocycles. The monoisotopic (exact) mass is 357 g/mol. The van der Waals surface area contributed by atoms with E-state index in [1.54, 1.807) is 31.2 Å². The maximum absolute atomic E-state index is 12.6. The van der Waals surface area contributed by atoms with E-state index < -0.39 is 17.6 Å². The average Bonchev–Trinajstić information content (AvgIpc) is 2.53. The van der Waals surface area contributed by atoms with Gasteiger partial charge in [0, 0.05) is 5.02 Å².